The van der Waals surface area contributed by atoms with E-state index < -0.39 is 0 Å². The topological polar surface area (TPSA) is 9.23 Å². The summed E-state index contributed by atoms with van der Waals surface area (Å²) in [4.78, 5) is 0. The quantitative estimate of drug-likeness (QED) is 0.663. The minimum absolute atomic E-state index is 0.472. The molecule has 0 radical (unpaired) electrons. The Balaban J connectivity index is 1.79. The highest BCUT2D eigenvalue weighted by Crippen LogP contribution is 2.31. The molecular formula is C13H23ClO. The van der Waals surface area contributed by atoms with Gasteiger partial charge in [-0.25, -0.2) is 0 Å². The Morgan fingerprint density at radius 3 is 2.27 bits per heavy atom. The molecule has 2 fully saturated rings. The Bertz CT molecular complexity index is 177. The summed E-state index contributed by atoms with van der Waals surface area (Å²) >= 11 is 6.01. The van der Waals surface area contributed by atoms with Gasteiger partial charge in [0.2, 0.25) is 0 Å². The fraction of sp³-hybridized carbons (Fsp3) is 1.00. The second-order valence-corrected chi connectivity index (χ2v) is 5.44. The predicted molar refractivity (Wildman–Crippen MR) is 64.4 cm³/mol. The zero-order chi connectivity index (χ0) is 10.5. The lowest BCUT2D eigenvalue weighted by atomic mass is 9.87. The van der Waals surface area contributed by atoms with E-state index in [0.717, 1.165) is 5.88 Å². The SMILES string of the molecule is ClCC1CCCCC1OC1CCCCC1. The first-order valence-corrected chi connectivity index (χ1v) is 7.15. The molecule has 2 aliphatic rings. The Hall–Kier alpha value is 0.250. The van der Waals surface area contributed by atoms with E-state index in [9.17, 15) is 0 Å². The van der Waals surface area contributed by atoms with Gasteiger partial charge in [-0.2, -0.15) is 0 Å². The first-order chi connectivity index (χ1) is 7.40. The van der Waals surface area contributed by atoms with Crippen molar-refractivity contribution in [3.8, 4) is 0 Å². The molecule has 2 saturated carbocycles. The molecule has 2 atom stereocenters. The van der Waals surface area contributed by atoms with E-state index in [2.05, 4.69) is 0 Å². The molecule has 0 aliphatic heterocycles. The molecule has 0 aromatic heterocycles. The number of hydrogen-bond donors (Lipinski definition) is 0. The molecule has 0 N–H and O–H groups in total. The van der Waals surface area contributed by atoms with E-state index in [1.165, 1.54) is 57.8 Å². The van der Waals surface area contributed by atoms with Gasteiger partial charge in [-0.3, -0.25) is 0 Å². The standard InChI is InChI=1S/C13H23ClO/c14-10-11-6-4-5-9-13(11)15-12-7-2-1-3-8-12/h11-13H,1-10H2. The van der Waals surface area contributed by atoms with Crippen molar-refractivity contribution in [2.75, 3.05) is 5.88 Å². The molecule has 0 aromatic rings. The van der Waals surface area contributed by atoms with Gasteiger partial charge >= 0.3 is 0 Å². The van der Waals surface area contributed by atoms with Gasteiger partial charge in [0.05, 0.1) is 12.2 Å². The van der Waals surface area contributed by atoms with Crippen LogP contribution in [0.2, 0.25) is 0 Å². The maximum absolute atomic E-state index is 6.25. The van der Waals surface area contributed by atoms with Crippen LogP contribution in [0.5, 0.6) is 0 Å². The van der Waals surface area contributed by atoms with Crippen LogP contribution in [0, 0.1) is 5.92 Å². The van der Waals surface area contributed by atoms with Crippen molar-refractivity contribution in [3.05, 3.63) is 0 Å². The maximum Gasteiger partial charge on any atom is 0.0618 e. The Morgan fingerprint density at radius 1 is 0.867 bits per heavy atom. The van der Waals surface area contributed by atoms with E-state index in [0.29, 0.717) is 18.1 Å². The average molecular weight is 231 g/mol. The lowest BCUT2D eigenvalue weighted by Gasteiger charge is -2.34. The predicted octanol–water partition coefficient (Wildman–Crippen LogP) is 4.13. The van der Waals surface area contributed by atoms with Gasteiger partial charge in [0.1, 0.15) is 0 Å². The van der Waals surface area contributed by atoms with E-state index in [1.54, 1.807) is 0 Å². The third kappa shape index (κ3) is 3.35. The molecule has 2 heteroatoms. The normalized spacial score (nSPS) is 34.2. The van der Waals surface area contributed by atoms with Crippen molar-refractivity contribution in [3.63, 3.8) is 0 Å². The van der Waals surface area contributed by atoms with Crippen LogP contribution in [0.3, 0.4) is 0 Å². The summed E-state index contributed by atoms with van der Waals surface area (Å²) in [5, 5.41) is 0. The summed E-state index contributed by atoms with van der Waals surface area (Å²) < 4.78 is 6.25. The number of rotatable bonds is 3. The van der Waals surface area contributed by atoms with E-state index in [4.69, 9.17) is 16.3 Å². The van der Waals surface area contributed by atoms with Gasteiger partial charge in [-0.05, 0) is 31.6 Å². The smallest absolute Gasteiger partial charge is 0.0618 e. The van der Waals surface area contributed by atoms with Gasteiger partial charge < -0.3 is 4.74 Å². The number of hydrogen-bond acceptors (Lipinski definition) is 1. The minimum Gasteiger partial charge on any atom is -0.375 e. The lowest BCUT2D eigenvalue weighted by molar-refractivity contribution is -0.0674. The van der Waals surface area contributed by atoms with Gasteiger partial charge in [-0.1, -0.05) is 32.1 Å². The third-order valence-electron chi connectivity index (χ3n) is 3.96. The van der Waals surface area contributed by atoms with Crippen molar-refractivity contribution in [1.29, 1.82) is 0 Å². The second kappa shape index (κ2) is 6.10. The van der Waals surface area contributed by atoms with Crippen molar-refractivity contribution in [2.24, 2.45) is 5.92 Å². The Kier molecular flexibility index (Phi) is 4.77. The summed E-state index contributed by atoms with van der Waals surface area (Å²) in [6, 6.07) is 0. The number of alkyl halides is 1. The molecule has 2 rings (SSSR count). The van der Waals surface area contributed by atoms with Crippen molar-refractivity contribution >= 4 is 11.6 Å². The molecule has 15 heavy (non-hydrogen) atoms. The van der Waals surface area contributed by atoms with E-state index >= 15 is 0 Å². The fourth-order valence-corrected chi connectivity index (χ4v) is 3.33. The molecule has 2 unspecified atom stereocenters. The third-order valence-corrected chi connectivity index (χ3v) is 4.35. The minimum atomic E-state index is 0.472. The zero-order valence-electron chi connectivity index (χ0n) is 9.59. The molecule has 0 heterocycles. The van der Waals surface area contributed by atoms with Crippen LogP contribution in [0.15, 0.2) is 0 Å². The maximum atomic E-state index is 6.25. The molecule has 0 bridgehead atoms. The summed E-state index contributed by atoms with van der Waals surface area (Å²) in [5.41, 5.74) is 0. The van der Waals surface area contributed by atoms with Crippen molar-refractivity contribution in [1.82, 2.24) is 0 Å². The largest absolute Gasteiger partial charge is 0.375 e. The van der Waals surface area contributed by atoms with Gasteiger partial charge in [0.25, 0.3) is 0 Å². The summed E-state index contributed by atoms with van der Waals surface area (Å²) in [7, 11) is 0. The lowest BCUT2D eigenvalue weighted by Crippen LogP contribution is -2.33. The highest BCUT2D eigenvalue weighted by atomic mass is 35.5. The van der Waals surface area contributed by atoms with Crippen molar-refractivity contribution in [2.45, 2.75) is 70.0 Å². The zero-order valence-corrected chi connectivity index (χ0v) is 10.3. The highest BCUT2D eigenvalue weighted by molar-refractivity contribution is 6.18. The van der Waals surface area contributed by atoms with Crippen LogP contribution in [0.1, 0.15) is 57.8 Å². The molecule has 0 spiro atoms. The number of halogens is 1. The van der Waals surface area contributed by atoms with Crippen molar-refractivity contribution < 1.29 is 4.74 Å². The van der Waals surface area contributed by atoms with Crippen LogP contribution in [-0.4, -0.2) is 18.1 Å². The van der Waals surface area contributed by atoms with Crippen LogP contribution in [0.4, 0.5) is 0 Å². The summed E-state index contributed by atoms with van der Waals surface area (Å²) in [6.45, 7) is 0. The van der Waals surface area contributed by atoms with Gasteiger partial charge in [-0.15, -0.1) is 11.6 Å². The monoisotopic (exact) mass is 230 g/mol. The van der Waals surface area contributed by atoms with E-state index in [-0.39, 0.29) is 0 Å². The Morgan fingerprint density at radius 2 is 1.53 bits per heavy atom. The molecule has 2 aliphatic carbocycles. The molecule has 0 amide bonds. The van der Waals surface area contributed by atoms with Gasteiger partial charge in [0, 0.05) is 5.88 Å². The summed E-state index contributed by atoms with van der Waals surface area (Å²) in [5.74, 6) is 1.42. The van der Waals surface area contributed by atoms with Gasteiger partial charge in [0.15, 0.2) is 0 Å². The van der Waals surface area contributed by atoms with Crippen LogP contribution < -0.4 is 0 Å². The molecule has 1 nitrogen and oxygen atoms in total. The van der Waals surface area contributed by atoms with E-state index in [1.807, 2.05) is 0 Å². The van der Waals surface area contributed by atoms with Crippen LogP contribution >= 0.6 is 11.6 Å². The second-order valence-electron chi connectivity index (χ2n) is 5.13. The summed E-state index contributed by atoms with van der Waals surface area (Å²) in [6.07, 6.45) is 12.9. The van der Waals surface area contributed by atoms with Crippen LogP contribution in [0.25, 0.3) is 0 Å². The first-order valence-electron chi connectivity index (χ1n) is 6.61. The first kappa shape index (κ1) is 11.7. The average Bonchev–Trinajstić information content (AvgIpc) is 2.31. The molecule has 88 valence electrons. The molecular weight excluding hydrogens is 208 g/mol. The highest BCUT2D eigenvalue weighted by Gasteiger charge is 2.28. The fourth-order valence-electron chi connectivity index (χ4n) is 2.98. The Labute approximate surface area is 98.5 Å². The molecule has 0 aromatic carbocycles. The number of ether oxygens (including phenoxy) is 1. The van der Waals surface area contributed by atoms with Crippen LogP contribution in [-0.2, 0) is 4.74 Å². The molecule has 0 saturated heterocycles.